The van der Waals surface area contributed by atoms with Gasteiger partial charge in [-0.15, -0.1) is 0 Å². The van der Waals surface area contributed by atoms with Crippen LogP contribution >= 0.6 is 0 Å². The standard InChI is InChI=1S/C14H19FN2O2/c15-12-3-1-2-4-13(12)17-7-5-11(10-17)9-16-14(19)6-8-18/h1-4,11,18H,5-10H2,(H,16,19)/t11-/m1/s1. The van der Waals surface area contributed by atoms with Crippen molar-refractivity contribution in [3.63, 3.8) is 0 Å². The molecule has 1 fully saturated rings. The Bertz CT molecular complexity index is 439. The minimum atomic E-state index is -0.201. The van der Waals surface area contributed by atoms with Gasteiger partial charge in [-0.25, -0.2) is 4.39 Å². The Morgan fingerprint density at radius 1 is 1.47 bits per heavy atom. The Balaban J connectivity index is 1.83. The lowest BCUT2D eigenvalue weighted by Crippen LogP contribution is -2.31. The topological polar surface area (TPSA) is 52.6 Å². The van der Waals surface area contributed by atoms with Crippen molar-refractivity contribution in [3.05, 3.63) is 30.1 Å². The van der Waals surface area contributed by atoms with E-state index in [4.69, 9.17) is 5.11 Å². The van der Waals surface area contributed by atoms with Crippen molar-refractivity contribution in [2.24, 2.45) is 5.92 Å². The van der Waals surface area contributed by atoms with Gasteiger partial charge in [0.15, 0.2) is 0 Å². The Hall–Kier alpha value is -1.62. The molecule has 1 heterocycles. The molecular formula is C14H19FN2O2. The molecule has 19 heavy (non-hydrogen) atoms. The molecule has 1 saturated heterocycles. The lowest BCUT2D eigenvalue weighted by Gasteiger charge is -2.19. The second kappa shape index (κ2) is 6.52. The van der Waals surface area contributed by atoms with E-state index < -0.39 is 0 Å². The maximum absolute atomic E-state index is 13.6. The number of hydrogen-bond acceptors (Lipinski definition) is 3. The van der Waals surface area contributed by atoms with Crippen LogP contribution in [0, 0.1) is 11.7 Å². The predicted octanol–water partition coefficient (Wildman–Crippen LogP) is 1.15. The van der Waals surface area contributed by atoms with Gasteiger partial charge in [-0.1, -0.05) is 12.1 Å². The van der Waals surface area contributed by atoms with Crippen molar-refractivity contribution in [2.45, 2.75) is 12.8 Å². The third-order valence-electron chi connectivity index (χ3n) is 3.41. The van der Waals surface area contributed by atoms with Crippen molar-refractivity contribution >= 4 is 11.6 Å². The molecule has 2 N–H and O–H groups in total. The van der Waals surface area contributed by atoms with E-state index in [1.807, 2.05) is 11.0 Å². The zero-order chi connectivity index (χ0) is 13.7. The first-order valence-electron chi connectivity index (χ1n) is 6.57. The summed E-state index contributed by atoms with van der Waals surface area (Å²) < 4.78 is 13.6. The maximum Gasteiger partial charge on any atom is 0.222 e. The summed E-state index contributed by atoms with van der Waals surface area (Å²) in [7, 11) is 0. The summed E-state index contributed by atoms with van der Waals surface area (Å²) in [4.78, 5) is 13.3. The van der Waals surface area contributed by atoms with Gasteiger partial charge in [-0.05, 0) is 24.5 Å². The predicted molar refractivity (Wildman–Crippen MR) is 71.4 cm³/mol. The van der Waals surface area contributed by atoms with Gasteiger partial charge in [-0.3, -0.25) is 4.79 Å². The minimum absolute atomic E-state index is 0.127. The number of para-hydroxylation sites is 1. The Morgan fingerprint density at radius 2 is 2.26 bits per heavy atom. The van der Waals surface area contributed by atoms with Gasteiger partial charge < -0.3 is 15.3 Å². The number of nitrogens with one attached hydrogen (secondary N) is 1. The summed E-state index contributed by atoms with van der Waals surface area (Å²) in [5, 5.41) is 11.4. The number of aliphatic hydroxyl groups is 1. The monoisotopic (exact) mass is 266 g/mol. The van der Waals surface area contributed by atoms with E-state index in [1.54, 1.807) is 12.1 Å². The molecule has 0 aliphatic carbocycles. The SMILES string of the molecule is O=C(CCO)NC[C@H]1CCN(c2ccccc2F)C1. The summed E-state index contributed by atoms with van der Waals surface area (Å²) in [5.41, 5.74) is 0.631. The summed E-state index contributed by atoms with van der Waals surface area (Å²) in [6.07, 6.45) is 1.08. The van der Waals surface area contributed by atoms with Gasteiger partial charge in [-0.2, -0.15) is 0 Å². The van der Waals surface area contributed by atoms with Gasteiger partial charge in [0.2, 0.25) is 5.91 Å². The molecule has 0 saturated carbocycles. The van der Waals surface area contributed by atoms with Crippen LogP contribution in [0.4, 0.5) is 10.1 Å². The number of hydrogen-bond donors (Lipinski definition) is 2. The van der Waals surface area contributed by atoms with Crippen LogP contribution in [-0.2, 0) is 4.79 Å². The van der Waals surface area contributed by atoms with Crippen LogP contribution in [-0.4, -0.2) is 37.3 Å². The van der Waals surface area contributed by atoms with Crippen LogP contribution in [0.15, 0.2) is 24.3 Å². The van der Waals surface area contributed by atoms with Crippen LogP contribution in [0.3, 0.4) is 0 Å². The molecule has 5 heteroatoms. The highest BCUT2D eigenvalue weighted by molar-refractivity contribution is 5.75. The molecule has 1 aromatic rings. The quantitative estimate of drug-likeness (QED) is 0.840. The summed E-state index contributed by atoms with van der Waals surface area (Å²) in [6, 6.07) is 6.75. The number of benzene rings is 1. The molecule has 1 aromatic carbocycles. The number of halogens is 1. The smallest absolute Gasteiger partial charge is 0.222 e. The Morgan fingerprint density at radius 3 is 3.00 bits per heavy atom. The lowest BCUT2D eigenvalue weighted by molar-refractivity contribution is -0.121. The molecule has 0 spiro atoms. The molecule has 0 radical (unpaired) electrons. The molecular weight excluding hydrogens is 247 g/mol. The number of aliphatic hydroxyl groups excluding tert-OH is 1. The molecule has 4 nitrogen and oxygen atoms in total. The highest BCUT2D eigenvalue weighted by Crippen LogP contribution is 2.25. The molecule has 0 aromatic heterocycles. The molecule has 104 valence electrons. The molecule has 1 amide bonds. The first kappa shape index (κ1) is 13.8. The first-order valence-corrected chi connectivity index (χ1v) is 6.57. The minimum Gasteiger partial charge on any atom is -0.396 e. The fraction of sp³-hybridized carbons (Fsp3) is 0.500. The van der Waals surface area contributed by atoms with Crippen LogP contribution in [0.25, 0.3) is 0 Å². The van der Waals surface area contributed by atoms with Crippen molar-refractivity contribution in [1.29, 1.82) is 0 Å². The van der Waals surface area contributed by atoms with Crippen LogP contribution < -0.4 is 10.2 Å². The van der Waals surface area contributed by atoms with Gasteiger partial charge in [0, 0.05) is 26.1 Å². The Kier molecular flexibility index (Phi) is 4.74. The van der Waals surface area contributed by atoms with Gasteiger partial charge in [0.25, 0.3) is 0 Å². The fourth-order valence-corrected chi connectivity index (χ4v) is 2.37. The van der Waals surface area contributed by atoms with Crippen LogP contribution in [0.5, 0.6) is 0 Å². The summed E-state index contributed by atoms with van der Waals surface area (Å²) in [6.45, 7) is 2.02. The highest BCUT2D eigenvalue weighted by atomic mass is 19.1. The average Bonchev–Trinajstić information content (AvgIpc) is 2.86. The van der Waals surface area contributed by atoms with E-state index in [1.165, 1.54) is 6.07 Å². The molecule has 1 aliphatic rings. The third kappa shape index (κ3) is 3.67. The largest absolute Gasteiger partial charge is 0.396 e. The van der Waals surface area contributed by atoms with Crippen LogP contribution in [0.1, 0.15) is 12.8 Å². The maximum atomic E-state index is 13.6. The van der Waals surface area contributed by atoms with E-state index >= 15 is 0 Å². The van der Waals surface area contributed by atoms with Crippen molar-refractivity contribution in [3.8, 4) is 0 Å². The third-order valence-corrected chi connectivity index (χ3v) is 3.41. The second-order valence-corrected chi connectivity index (χ2v) is 4.83. The zero-order valence-corrected chi connectivity index (χ0v) is 10.8. The van der Waals surface area contributed by atoms with Crippen molar-refractivity contribution < 1.29 is 14.3 Å². The second-order valence-electron chi connectivity index (χ2n) is 4.83. The van der Waals surface area contributed by atoms with E-state index in [2.05, 4.69) is 5.32 Å². The molecule has 2 rings (SSSR count). The number of anilines is 1. The summed E-state index contributed by atoms with van der Waals surface area (Å²) >= 11 is 0. The van der Waals surface area contributed by atoms with Crippen molar-refractivity contribution in [1.82, 2.24) is 5.32 Å². The fourth-order valence-electron chi connectivity index (χ4n) is 2.37. The van der Waals surface area contributed by atoms with E-state index in [0.29, 0.717) is 18.2 Å². The Labute approximate surface area is 112 Å². The number of carbonyl (C=O) groups is 1. The molecule has 1 atom stereocenters. The molecule has 0 unspecified atom stereocenters. The van der Waals surface area contributed by atoms with E-state index in [-0.39, 0.29) is 24.8 Å². The molecule has 1 aliphatic heterocycles. The normalized spacial score (nSPS) is 18.6. The average molecular weight is 266 g/mol. The van der Waals surface area contributed by atoms with Gasteiger partial charge in [0.1, 0.15) is 5.82 Å². The zero-order valence-electron chi connectivity index (χ0n) is 10.8. The number of nitrogens with zero attached hydrogens (tertiary/aromatic N) is 1. The number of amides is 1. The van der Waals surface area contributed by atoms with Gasteiger partial charge >= 0.3 is 0 Å². The van der Waals surface area contributed by atoms with E-state index in [0.717, 1.165) is 19.5 Å². The molecule has 0 bridgehead atoms. The number of rotatable bonds is 5. The lowest BCUT2D eigenvalue weighted by atomic mass is 10.1. The van der Waals surface area contributed by atoms with Gasteiger partial charge in [0.05, 0.1) is 12.3 Å². The van der Waals surface area contributed by atoms with Crippen LogP contribution in [0.2, 0.25) is 0 Å². The van der Waals surface area contributed by atoms with E-state index in [9.17, 15) is 9.18 Å². The highest BCUT2D eigenvalue weighted by Gasteiger charge is 2.24. The summed E-state index contributed by atoms with van der Waals surface area (Å²) in [5.74, 6) is 0.00144. The first-order chi connectivity index (χ1) is 9.20. The van der Waals surface area contributed by atoms with Crippen molar-refractivity contribution in [2.75, 3.05) is 31.1 Å². The number of carbonyl (C=O) groups excluding carboxylic acids is 1.